The van der Waals surface area contributed by atoms with E-state index >= 15 is 0 Å². The van der Waals surface area contributed by atoms with Gasteiger partial charge in [-0.2, -0.15) is 0 Å². The minimum absolute atomic E-state index is 0.167. The summed E-state index contributed by atoms with van der Waals surface area (Å²) < 4.78 is 4.80. The smallest absolute Gasteiger partial charge is 0.409 e. The monoisotopic (exact) mass is 157 g/mol. The SMILES string of the molecule is CC(C)(C)CN1CCOC1=O. The molecule has 0 saturated carbocycles. The first-order chi connectivity index (χ1) is 4.99. The Balaban J connectivity index is 2.43. The number of rotatable bonds is 1. The van der Waals surface area contributed by atoms with Crippen LogP contribution in [0.15, 0.2) is 0 Å². The lowest BCUT2D eigenvalue weighted by molar-refractivity contribution is 0.148. The molecule has 1 saturated heterocycles. The third-order valence-corrected chi connectivity index (χ3v) is 1.51. The van der Waals surface area contributed by atoms with Crippen LogP contribution in [0.25, 0.3) is 0 Å². The van der Waals surface area contributed by atoms with Gasteiger partial charge >= 0.3 is 6.09 Å². The van der Waals surface area contributed by atoms with Crippen LogP contribution in [0.5, 0.6) is 0 Å². The Bertz CT molecular complexity index is 160. The summed E-state index contributed by atoms with van der Waals surface area (Å²) in [7, 11) is 0. The molecule has 0 aromatic rings. The molecule has 1 rings (SSSR count). The molecule has 3 nitrogen and oxygen atoms in total. The molecule has 0 N–H and O–H groups in total. The van der Waals surface area contributed by atoms with Gasteiger partial charge in [0.2, 0.25) is 0 Å². The highest BCUT2D eigenvalue weighted by Crippen LogP contribution is 2.17. The molecule has 1 aliphatic heterocycles. The molecule has 11 heavy (non-hydrogen) atoms. The zero-order valence-corrected chi connectivity index (χ0v) is 7.39. The molecular formula is C8H15NO2. The average molecular weight is 157 g/mol. The zero-order valence-electron chi connectivity index (χ0n) is 7.39. The Morgan fingerprint density at radius 3 is 2.55 bits per heavy atom. The standard InChI is InChI=1S/C8H15NO2/c1-8(2,3)6-9-4-5-11-7(9)10/h4-6H2,1-3H3. The predicted molar refractivity (Wildman–Crippen MR) is 42.4 cm³/mol. The molecule has 1 amide bonds. The van der Waals surface area contributed by atoms with E-state index in [0.717, 1.165) is 13.1 Å². The third-order valence-electron chi connectivity index (χ3n) is 1.51. The van der Waals surface area contributed by atoms with E-state index in [9.17, 15) is 4.79 Å². The van der Waals surface area contributed by atoms with Gasteiger partial charge in [-0.1, -0.05) is 20.8 Å². The third kappa shape index (κ3) is 2.41. The first kappa shape index (κ1) is 8.37. The van der Waals surface area contributed by atoms with E-state index in [1.54, 1.807) is 4.90 Å². The van der Waals surface area contributed by atoms with Crippen LogP contribution in [-0.2, 0) is 4.74 Å². The Hall–Kier alpha value is -0.730. The van der Waals surface area contributed by atoms with Crippen molar-refractivity contribution < 1.29 is 9.53 Å². The van der Waals surface area contributed by atoms with Crippen LogP contribution in [-0.4, -0.2) is 30.7 Å². The Labute approximate surface area is 67.3 Å². The summed E-state index contributed by atoms with van der Waals surface area (Å²) in [5.41, 5.74) is 0.170. The van der Waals surface area contributed by atoms with Crippen molar-refractivity contribution in [2.45, 2.75) is 20.8 Å². The minimum atomic E-state index is -0.167. The summed E-state index contributed by atoms with van der Waals surface area (Å²) in [4.78, 5) is 12.7. The molecule has 0 aliphatic carbocycles. The van der Waals surface area contributed by atoms with Crippen LogP contribution < -0.4 is 0 Å². The number of carbonyl (C=O) groups excluding carboxylic acids is 1. The number of amides is 1. The van der Waals surface area contributed by atoms with Crippen LogP contribution in [0.3, 0.4) is 0 Å². The van der Waals surface area contributed by atoms with E-state index in [1.165, 1.54) is 0 Å². The predicted octanol–water partition coefficient (Wildman–Crippen LogP) is 1.48. The maximum Gasteiger partial charge on any atom is 0.409 e. The van der Waals surface area contributed by atoms with Crippen molar-refractivity contribution in [2.24, 2.45) is 5.41 Å². The fraction of sp³-hybridized carbons (Fsp3) is 0.875. The van der Waals surface area contributed by atoms with Gasteiger partial charge in [-0.15, -0.1) is 0 Å². The summed E-state index contributed by atoms with van der Waals surface area (Å²) in [6, 6.07) is 0. The Kier molecular flexibility index (Phi) is 2.07. The second kappa shape index (κ2) is 2.72. The van der Waals surface area contributed by atoms with Crippen LogP contribution in [0.4, 0.5) is 4.79 Å². The van der Waals surface area contributed by atoms with Crippen molar-refractivity contribution in [3.05, 3.63) is 0 Å². The summed E-state index contributed by atoms with van der Waals surface area (Å²) in [6.07, 6.45) is -0.167. The molecule has 0 aromatic carbocycles. The molecule has 1 fully saturated rings. The molecule has 3 heteroatoms. The van der Waals surface area contributed by atoms with E-state index in [4.69, 9.17) is 4.74 Å². The van der Waals surface area contributed by atoms with E-state index in [0.29, 0.717) is 6.61 Å². The molecule has 0 bridgehead atoms. The molecule has 0 spiro atoms. The van der Waals surface area contributed by atoms with Gasteiger partial charge in [0.25, 0.3) is 0 Å². The van der Waals surface area contributed by atoms with Gasteiger partial charge in [0.05, 0.1) is 6.54 Å². The van der Waals surface area contributed by atoms with Gasteiger partial charge in [-0.05, 0) is 5.41 Å². The largest absolute Gasteiger partial charge is 0.448 e. The van der Waals surface area contributed by atoms with Crippen LogP contribution in [0.1, 0.15) is 20.8 Å². The van der Waals surface area contributed by atoms with E-state index in [1.807, 2.05) is 0 Å². The molecular weight excluding hydrogens is 142 g/mol. The minimum Gasteiger partial charge on any atom is -0.448 e. The highest BCUT2D eigenvalue weighted by molar-refractivity contribution is 5.69. The molecule has 0 radical (unpaired) electrons. The Morgan fingerprint density at radius 2 is 2.18 bits per heavy atom. The Morgan fingerprint density at radius 1 is 1.55 bits per heavy atom. The van der Waals surface area contributed by atoms with Gasteiger partial charge in [0, 0.05) is 6.54 Å². The number of nitrogens with zero attached hydrogens (tertiary/aromatic N) is 1. The van der Waals surface area contributed by atoms with Crippen molar-refractivity contribution in [3.63, 3.8) is 0 Å². The lowest BCUT2D eigenvalue weighted by Gasteiger charge is -2.23. The molecule has 1 aliphatic rings. The number of hydrogen-bond acceptors (Lipinski definition) is 2. The summed E-state index contributed by atoms with van der Waals surface area (Å²) in [5.74, 6) is 0. The maximum atomic E-state index is 11.0. The van der Waals surface area contributed by atoms with E-state index in [2.05, 4.69) is 20.8 Å². The van der Waals surface area contributed by atoms with Crippen molar-refractivity contribution in [1.82, 2.24) is 4.90 Å². The topological polar surface area (TPSA) is 29.5 Å². The van der Waals surface area contributed by atoms with Crippen molar-refractivity contribution in [2.75, 3.05) is 19.7 Å². The fourth-order valence-electron chi connectivity index (χ4n) is 1.14. The molecule has 64 valence electrons. The quantitative estimate of drug-likeness (QED) is 0.577. The lowest BCUT2D eigenvalue weighted by atomic mass is 9.96. The lowest BCUT2D eigenvalue weighted by Crippen LogP contribution is -2.33. The van der Waals surface area contributed by atoms with E-state index in [-0.39, 0.29) is 11.5 Å². The first-order valence-corrected chi connectivity index (χ1v) is 3.91. The van der Waals surface area contributed by atoms with Crippen molar-refractivity contribution in [1.29, 1.82) is 0 Å². The van der Waals surface area contributed by atoms with Gasteiger partial charge in [0.1, 0.15) is 6.61 Å². The fourth-order valence-corrected chi connectivity index (χ4v) is 1.14. The molecule has 0 unspecified atom stereocenters. The first-order valence-electron chi connectivity index (χ1n) is 3.91. The summed E-state index contributed by atoms with van der Waals surface area (Å²) in [5, 5.41) is 0. The normalized spacial score (nSPS) is 18.8. The molecule has 1 heterocycles. The van der Waals surface area contributed by atoms with Gasteiger partial charge in [0.15, 0.2) is 0 Å². The number of cyclic esters (lactones) is 1. The van der Waals surface area contributed by atoms with Crippen molar-refractivity contribution >= 4 is 6.09 Å². The van der Waals surface area contributed by atoms with Gasteiger partial charge < -0.3 is 9.64 Å². The summed E-state index contributed by atoms with van der Waals surface area (Å²) >= 11 is 0. The van der Waals surface area contributed by atoms with Crippen LogP contribution in [0, 0.1) is 5.41 Å². The van der Waals surface area contributed by atoms with Crippen molar-refractivity contribution in [3.8, 4) is 0 Å². The van der Waals surface area contributed by atoms with Crippen LogP contribution in [0.2, 0.25) is 0 Å². The zero-order chi connectivity index (χ0) is 8.48. The highest BCUT2D eigenvalue weighted by atomic mass is 16.6. The number of carbonyl (C=O) groups is 1. The van der Waals surface area contributed by atoms with Gasteiger partial charge in [-0.3, -0.25) is 0 Å². The van der Waals surface area contributed by atoms with Crippen LogP contribution >= 0.6 is 0 Å². The number of hydrogen-bond donors (Lipinski definition) is 0. The highest BCUT2D eigenvalue weighted by Gasteiger charge is 2.26. The van der Waals surface area contributed by atoms with Gasteiger partial charge in [-0.25, -0.2) is 4.79 Å². The van der Waals surface area contributed by atoms with E-state index < -0.39 is 0 Å². The second-order valence-electron chi connectivity index (χ2n) is 4.10. The summed E-state index contributed by atoms with van der Waals surface area (Å²) in [6.45, 7) is 8.41. The molecule has 0 aromatic heterocycles. The maximum absolute atomic E-state index is 11.0. The average Bonchev–Trinajstić information content (AvgIpc) is 2.12. The second-order valence-corrected chi connectivity index (χ2v) is 4.10. The number of ether oxygens (including phenoxy) is 1. The molecule has 0 atom stereocenters.